The van der Waals surface area contributed by atoms with Gasteiger partial charge in [-0.2, -0.15) is 5.10 Å². The van der Waals surface area contributed by atoms with E-state index in [1.165, 1.54) is 5.69 Å². The predicted octanol–water partition coefficient (Wildman–Crippen LogP) is 1.60. The molecule has 1 aliphatic carbocycles. The van der Waals surface area contributed by atoms with E-state index < -0.39 is 0 Å². The zero-order valence-electron chi connectivity index (χ0n) is 17.3. The lowest BCUT2D eigenvalue weighted by Gasteiger charge is -2.22. The number of likely N-dealkylation sites (N-methyl/N-ethyl adjacent to an activating group) is 1. The number of rotatable bonds is 4. The fraction of sp³-hybridized carbons (Fsp3) is 0.500. The number of hydrogen-bond acceptors (Lipinski definition) is 4. The lowest BCUT2D eigenvalue weighted by molar-refractivity contribution is -0.129. The smallest absolute Gasteiger partial charge is 0.274 e. The monoisotopic (exact) mass is 395 g/mol. The van der Waals surface area contributed by atoms with Crippen LogP contribution in [0.15, 0.2) is 30.3 Å². The Morgan fingerprint density at radius 1 is 1.00 bits per heavy atom. The van der Waals surface area contributed by atoms with Crippen molar-refractivity contribution in [3.05, 3.63) is 47.3 Å². The highest BCUT2D eigenvalue weighted by Crippen LogP contribution is 2.28. The molecule has 0 radical (unpaired) electrons. The van der Waals surface area contributed by atoms with Crippen LogP contribution in [0.25, 0.3) is 5.69 Å². The third kappa shape index (κ3) is 4.05. The van der Waals surface area contributed by atoms with Gasteiger partial charge in [0.15, 0.2) is 5.69 Å². The summed E-state index contributed by atoms with van der Waals surface area (Å²) in [5.74, 6) is 0.128. The first-order valence-electron chi connectivity index (χ1n) is 10.4. The van der Waals surface area contributed by atoms with Gasteiger partial charge in [-0.3, -0.25) is 14.5 Å². The van der Waals surface area contributed by atoms with E-state index in [9.17, 15) is 9.59 Å². The maximum absolute atomic E-state index is 13.4. The number of para-hydroxylation sites is 1. The minimum Gasteiger partial charge on any atom is -0.348 e. The zero-order valence-corrected chi connectivity index (χ0v) is 17.3. The van der Waals surface area contributed by atoms with Crippen LogP contribution >= 0.6 is 0 Å². The van der Waals surface area contributed by atoms with Crippen molar-refractivity contribution in [1.29, 1.82) is 0 Å². The lowest BCUT2D eigenvalue weighted by atomic mass is 10.2. The molecular weight excluding hydrogens is 366 g/mol. The largest absolute Gasteiger partial charge is 0.348 e. The summed E-state index contributed by atoms with van der Waals surface area (Å²) in [6.07, 6.45) is 3.82. The van der Waals surface area contributed by atoms with Gasteiger partial charge in [-0.25, -0.2) is 4.68 Å². The van der Waals surface area contributed by atoms with Gasteiger partial charge in [-0.15, -0.1) is 0 Å². The fourth-order valence-corrected chi connectivity index (χ4v) is 4.21. The highest BCUT2D eigenvalue weighted by Gasteiger charge is 2.30. The van der Waals surface area contributed by atoms with Gasteiger partial charge in [-0.05, 0) is 37.8 Å². The van der Waals surface area contributed by atoms with E-state index in [-0.39, 0.29) is 11.8 Å². The Morgan fingerprint density at radius 3 is 2.55 bits per heavy atom. The molecule has 1 aromatic heterocycles. The molecule has 2 heterocycles. The number of carbonyl (C=O) groups excluding carboxylic acids is 2. The van der Waals surface area contributed by atoms with E-state index in [0.717, 1.165) is 43.5 Å². The summed E-state index contributed by atoms with van der Waals surface area (Å²) in [6, 6.07) is 10.1. The van der Waals surface area contributed by atoms with Crippen LogP contribution in [-0.2, 0) is 17.6 Å². The van der Waals surface area contributed by atoms with Gasteiger partial charge < -0.3 is 9.80 Å². The van der Waals surface area contributed by atoms with E-state index in [4.69, 9.17) is 5.10 Å². The molecule has 2 amide bonds. The number of carbonyl (C=O) groups is 2. The first-order valence-corrected chi connectivity index (χ1v) is 10.4. The molecule has 4 rings (SSSR count). The number of benzene rings is 1. The van der Waals surface area contributed by atoms with E-state index in [2.05, 4.69) is 4.90 Å². The van der Waals surface area contributed by atoms with Crippen molar-refractivity contribution in [3.63, 3.8) is 0 Å². The Hall–Kier alpha value is -2.67. The first-order chi connectivity index (χ1) is 14.0. The minimum atomic E-state index is 0.0265. The number of amides is 2. The average molecular weight is 396 g/mol. The Kier molecular flexibility index (Phi) is 5.67. The van der Waals surface area contributed by atoms with Crippen LogP contribution < -0.4 is 0 Å². The van der Waals surface area contributed by atoms with Crippen molar-refractivity contribution < 1.29 is 9.59 Å². The molecule has 1 aromatic carbocycles. The van der Waals surface area contributed by atoms with Crippen LogP contribution in [-0.4, -0.2) is 83.1 Å². The molecule has 1 saturated heterocycles. The topological polar surface area (TPSA) is 61.7 Å². The van der Waals surface area contributed by atoms with Crippen molar-refractivity contribution in [1.82, 2.24) is 24.5 Å². The third-order valence-electron chi connectivity index (χ3n) is 5.87. The molecule has 1 fully saturated rings. The highest BCUT2D eigenvalue weighted by molar-refractivity contribution is 5.94. The van der Waals surface area contributed by atoms with Crippen LogP contribution in [0.2, 0.25) is 0 Å². The maximum Gasteiger partial charge on any atom is 0.274 e. The molecule has 7 heteroatoms. The number of nitrogens with zero attached hydrogens (tertiary/aromatic N) is 5. The molecule has 0 unspecified atom stereocenters. The highest BCUT2D eigenvalue weighted by atomic mass is 16.2. The van der Waals surface area contributed by atoms with Crippen molar-refractivity contribution in [3.8, 4) is 5.69 Å². The Morgan fingerprint density at radius 2 is 1.79 bits per heavy atom. The summed E-state index contributed by atoms with van der Waals surface area (Å²) in [5.41, 5.74) is 3.91. The number of hydrogen-bond donors (Lipinski definition) is 0. The molecule has 0 spiro atoms. The molecule has 2 aliphatic rings. The molecular formula is C22H29N5O2. The summed E-state index contributed by atoms with van der Waals surface area (Å²) >= 11 is 0. The molecule has 29 heavy (non-hydrogen) atoms. The van der Waals surface area contributed by atoms with Gasteiger partial charge in [-0.1, -0.05) is 18.2 Å². The van der Waals surface area contributed by atoms with Crippen LogP contribution in [0.3, 0.4) is 0 Å². The molecule has 154 valence electrons. The first kappa shape index (κ1) is 19.6. The standard InChI is InChI=1S/C22H29N5O2/c1-24(2)20(28)16-25-12-7-13-26(15-14-25)22(29)21-18-10-6-11-19(18)27(23-21)17-8-4-3-5-9-17/h3-5,8-9H,6-7,10-16H2,1-2H3. The van der Waals surface area contributed by atoms with Gasteiger partial charge in [0.25, 0.3) is 5.91 Å². The van der Waals surface area contributed by atoms with Gasteiger partial charge in [0.05, 0.1) is 12.2 Å². The molecule has 7 nitrogen and oxygen atoms in total. The normalized spacial score (nSPS) is 17.1. The minimum absolute atomic E-state index is 0.0265. The Balaban J connectivity index is 1.51. The summed E-state index contributed by atoms with van der Waals surface area (Å²) < 4.78 is 1.95. The van der Waals surface area contributed by atoms with Crippen molar-refractivity contribution in [2.24, 2.45) is 0 Å². The second kappa shape index (κ2) is 8.37. The molecule has 2 aromatic rings. The van der Waals surface area contributed by atoms with Crippen molar-refractivity contribution in [2.75, 3.05) is 46.8 Å². The van der Waals surface area contributed by atoms with E-state index >= 15 is 0 Å². The molecule has 0 N–H and O–H groups in total. The van der Waals surface area contributed by atoms with Crippen LogP contribution in [0, 0.1) is 0 Å². The Bertz CT molecular complexity index is 890. The quantitative estimate of drug-likeness (QED) is 0.789. The lowest BCUT2D eigenvalue weighted by Crippen LogP contribution is -2.39. The second-order valence-corrected chi connectivity index (χ2v) is 8.08. The van der Waals surface area contributed by atoms with E-state index in [0.29, 0.717) is 31.9 Å². The van der Waals surface area contributed by atoms with Crippen LogP contribution in [0.5, 0.6) is 0 Å². The average Bonchev–Trinajstić information content (AvgIpc) is 3.25. The summed E-state index contributed by atoms with van der Waals surface area (Å²) in [6.45, 7) is 3.30. The molecule has 0 atom stereocenters. The molecule has 0 bridgehead atoms. The SMILES string of the molecule is CN(C)C(=O)CN1CCCN(C(=O)c2nn(-c3ccccc3)c3c2CCC3)CC1. The van der Waals surface area contributed by atoms with Gasteiger partial charge in [0, 0.05) is 51.5 Å². The van der Waals surface area contributed by atoms with E-state index in [1.807, 2.05) is 39.9 Å². The van der Waals surface area contributed by atoms with Crippen molar-refractivity contribution >= 4 is 11.8 Å². The van der Waals surface area contributed by atoms with Crippen LogP contribution in [0.1, 0.15) is 34.6 Å². The maximum atomic E-state index is 13.4. The van der Waals surface area contributed by atoms with Crippen molar-refractivity contribution in [2.45, 2.75) is 25.7 Å². The van der Waals surface area contributed by atoms with Crippen LogP contribution in [0.4, 0.5) is 0 Å². The molecule has 1 aliphatic heterocycles. The summed E-state index contributed by atoms with van der Waals surface area (Å²) in [4.78, 5) is 31.0. The fourth-order valence-electron chi connectivity index (χ4n) is 4.21. The predicted molar refractivity (Wildman–Crippen MR) is 111 cm³/mol. The second-order valence-electron chi connectivity index (χ2n) is 8.08. The number of aromatic nitrogens is 2. The van der Waals surface area contributed by atoms with Gasteiger partial charge in [0.1, 0.15) is 0 Å². The summed E-state index contributed by atoms with van der Waals surface area (Å²) in [7, 11) is 3.55. The third-order valence-corrected chi connectivity index (χ3v) is 5.87. The zero-order chi connectivity index (χ0) is 20.4. The van der Waals surface area contributed by atoms with Gasteiger partial charge >= 0.3 is 0 Å². The summed E-state index contributed by atoms with van der Waals surface area (Å²) in [5, 5.41) is 4.75. The molecule has 0 saturated carbocycles. The number of fused-ring (bicyclic) bond motifs is 1. The van der Waals surface area contributed by atoms with E-state index in [1.54, 1.807) is 19.0 Å². The Labute approximate surface area is 171 Å². The van der Waals surface area contributed by atoms with Gasteiger partial charge in [0.2, 0.25) is 5.91 Å².